The summed E-state index contributed by atoms with van der Waals surface area (Å²) in [5.74, 6) is 0.0176. The summed E-state index contributed by atoms with van der Waals surface area (Å²) >= 11 is 1.69. The van der Waals surface area contributed by atoms with Crippen molar-refractivity contribution in [3.63, 3.8) is 0 Å². The molecule has 0 unspecified atom stereocenters. The van der Waals surface area contributed by atoms with Crippen LogP contribution in [0.25, 0.3) is 0 Å². The number of hydrogen-bond donors (Lipinski definition) is 1. The van der Waals surface area contributed by atoms with E-state index in [1.807, 2.05) is 27.8 Å². The summed E-state index contributed by atoms with van der Waals surface area (Å²) in [7, 11) is 3.52. The molecule has 0 saturated carbocycles. The second kappa shape index (κ2) is 9.42. The van der Waals surface area contributed by atoms with Crippen LogP contribution in [0.2, 0.25) is 0 Å². The Kier molecular flexibility index (Phi) is 7.64. The third kappa shape index (κ3) is 3.64. The second-order valence-corrected chi connectivity index (χ2v) is 13.9. The third-order valence-electron chi connectivity index (χ3n) is 10.1. The number of fused-ring (bicyclic) bond motifs is 1. The van der Waals surface area contributed by atoms with Crippen molar-refractivity contribution in [2.45, 2.75) is 91.2 Å². The second-order valence-electron chi connectivity index (χ2n) is 12.6. The molecule has 3 heterocycles. The summed E-state index contributed by atoms with van der Waals surface area (Å²) in [6.07, 6.45) is 0.862. The number of nitrogens with one attached hydrogen (secondary N) is 1. The summed E-state index contributed by atoms with van der Waals surface area (Å²) in [6.45, 7) is 22.2. The summed E-state index contributed by atoms with van der Waals surface area (Å²) in [4.78, 5) is 44.1. The molecule has 0 aromatic heterocycles. The van der Waals surface area contributed by atoms with E-state index in [1.54, 1.807) is 28.7 Å². The molecule has 3 aliphatic rings. The number of carbonyl (C=O) groups excluding carboxylic acids is 3. The number of nitrogens with zero attached hydrogens (tertiary/aromatic N) is 2. The van der Waals surface area contributed by atoms with E-state index in [0.29, 0.717) is 18.8 Å². The molecule has 2 fully saturated rings. The summed E-state index contributed by atoms with van der Waals surface area (Å²) in [5.41, 5.74) is -1.81. The van der Waals surface area contributed by atoms with E-state index < -0.39 is 16.7 Å². The zero-order chi connectivity index (χ0) is 27.6. The maximum atomic E-state index is 13.7. The highest BCUT2D eigenvalue weighted by Gasteiger charge is 2.72. The quantitative estimate of drug-likeness (QED) is 0.366. The fourth-order valence-corrected chi connectivity index (χ4v) is 8.89. The number of thioether (sulfide) groups is 1. The Balaban J connectivity index is 2.05. The summed E-state index contributed by atoms with van der Waals surface area (Å²) < 4.78 is 6.02. The average Bonchev–Trinajstić information content (AvgIpc) is 3.17. The number of hydrogen-bond acceptors (Lipinski definition) is 6. The van der Waals surface area contributed by atoms with Crippen molar-refractivity contribution in [2.75, 3.05) is 27.2 Å². The zero-order valence-electron chi connectivity index (χ0n) is 24.3. The molecule has 0 aliphatic carbocycles. The number of aldehydes is 1. The Labute approximate surface area is 222 Å². The fraction of sp³-hybridized carbons (Fsp3) is 0.821. The smallest absolute Gasteiger partial charge is 0.242 e. The maximum Gasteiger partial charge on any atom is 0.242 e. The number of rotatable bonds is 9. The van der Waals surface area contributed by atoms with Gasteiger partial charge in [-0.25, -0.2) is 0 Å². The standard InChI is InChI=1S/C28H47N3O4S/c1-13-30(11)24(34)28(10)25(6,7)19(14-29-28)36-21-18(15-32)31-23(33)22(27(9,35-12)17(4)5)26(31,8)20(21)16(2)3/h15-17,19-20,22,29H,13-14H2,1-12H3/t19-,20+,22+,26-,27-,28-/m1/s1. The van der Waals surface area contributed by atoms with Gasteiger partial charge in [0.2, 0.25) is 11.8 Å². The molecular formula is C28H47N3O4S. The highest BCUT2D eigenvalue weighted by atomic mass is 32.2. The van der Waals surface area contributed by atoms with Gasteiger partial charge in [0.1, 0.15) is 5.54 Å². The van der Waals surface area contributed by atoms with Crippen LogP contribution in [0.5, 0.6) is 0 Å². The highest BCUT2D eigenvalue weighted by molar-refractivity contribution is 8.03. The first-order valence-corrected chi connectivity index (χ1v) is 14.2. The molecule has 0 radical (unpaired) electrons. The zero-order valence-corrected chi connectivity index (χ0v) is 25.1. The predicted molar refractivity (Wildman–Crippen MR) is 145 cm³/mol. The number of likely N-dealkylation sites (N-methyl/N-ethyl adjacent to an activating group) is 1. The van der Waals surface area contributed by atoms with Crippen molar-refractivity contribution in [3.8, 4) is 0 Å². The lowest BCUT2D eigenvalue weighted by molar-refractivity contribution is -0.204. The maximum absolute atomic E-state index is 13.7. The van der Waals surface area contributed by atoms with Crippen molar-refractivity contribution in [1.29, 1.82) is 0 Å². The van der Waals surface area contributed by atoms with E-state index in [9.17, 15) is 14.4 Å². The van der Waals surface area contributed by atoms with E-state index in [1.165, 1.54) is 0 Å². The van der Waals surface area contributed by atoms with Gasteiger partial charge in [0.05, 0.1) is 22.8 Å². The number of allylic oxidation sites excluding steroid dienone is 1. The molecule has 204 valence electrons. The first-order chi connectivity index (χ1) is 16.5. The molecule has 8 heteroatoms. The van der Waals surface area contributed by atoms with Gasteiger partial charge < -0.3 is 19.9 Å². The van der Waals surface area contributed by atoms with Gasteiger partial charge in [-0.15, -0.1) is 11.8 Å². The van der Waals surface area contributed by atoms with E-state index >= 15 is 0 Å². The molecule has 6 atom stereocenters. The highest BCUT2D eigenvalue weighted by Crippen LogP contribution is 2.64. The Bertz CT molecular complexity index is 962. The Morgan fingerprint density at radius 2 is 1.86 bits per heavy atom. The molecule has 1 N–H and O–H groups in total. The van der Waals surface area contributed by atoms with Crippen LogP contribution in [0.1, 0.15) is 69.2 Å². The molecule has 0 aromatic rings. The summed E-state index contributed by atoms with van der Waals surface area (Å²) in [5, 5.41) is 3.58. The minimum atomic E-state index is -0.725. The van der Waals surface area contributed by atoms with Crippen LogP contribution in [0.4, 0.5) is 0 Å². The third-order valence-corrected chi connectivity index (χ3v) is 11.9. The lowest BCUT2D eigenvalue weighted by atomic mass is 9.58. The van der Waals surface area contributed by atoms with E-state index in [2.05, 4.69) is 53.8 Å². The molecule has 0 aromatic carbocycles. The van der Waals surface area contributed by atoms with Crippen molar-refractivity contribution in [2.24, 2.45) is 29.1 Å². The molecule has 2 amide bonds. The minimum absolute atomic E-state index is 0.00435. The van der Waals surface area contributed by atoms with Crippen molar-refractivity contribution < 1.29 is 19.1 Å². The first kappa shape index (κ1) is 29.2. The van der Waals surface area contributed by atoms with Gasteiger partial charge in [-0.1, -0.05) is 41.5 Å². The topological polar surface area (TPSA) is 79.0 Å². The Morgan fingerprint density at radius 3 is 2.31 bits per heavy atom. The van der Waals surface area contributed by atoms with Crippen LogP contribution in [0, 0.1) is 29.1 Å². The molecule has 7 nitrogen and oxygen atoms in total. The number of methoxy groups -OCH3 is 1. The van der Waals surface area contributed by atoms with Crippen molar-refractivity contribution in [3.05, 3.63) is 10.6 Å². The van der Waals surface area contributed by atoms with Crippen LogP contribution in [-0.4, -0.2) is 77.1 Å². The van der Waals surface area contributed by atoms with Gasteiger partial charge >= 0.3 is 0 Å². The van der Waals surface area contributed by atoms with E-state index in [-0.39, 0.29) is 46.2 Å². The van der Waals surface area contributed by atoms with Crippen LogP contribution in [0.15, 0.2) is 10.6 Å². The molecular weight excluding hydrogens is 474 g/mol. The van der Waals surface area contributed by atoms with Crippen LogP contribution in [0.3, 0.4) is 0 Å². The molecule has 2 saturated heterocycles. The van der Waals surface area contributed by atoms with Gasteiger partial charge in [0.25, 0.3) is 0 Å². The van der Waals surface area contributed by atoms with E-state index in [4.69, 9.17) is 4.74 Å². The minimum Gasteiger partial charge on any atom is -0.377 e. The SMILES string of the molecule is CCN(C)C(=O)[C@@]1(C)NC[C@@H](SC2=C(C=O)N3C(=O)[C@H]([C@](C)(OC)C(C)C)[C@@]3(C)[C@H]2C(C)C)C1(C)C. The van der Waals surface area contributed by atoms with Crippen LogP contribution < -0.4 is 5.32 Å². The van der Waals surface area contributed by atoms with Crippen LogP contribution >= 0.6 is 11.8 Å². The number of amides is 2. The van der Waals surface area contributed by atoms with Gasteiger partial charge in [0.15, 0.2) is 6.29 Å². The van der Waals surface area contributed by atoms with Crippen molar-refractivity contribution in [1.82, 2.24) is 15.1 Å². The fourth-order valence-electron chi connectivity index (χ4n) is 6.97. The van der Waals surface area contributed by atoms with Gasteiger partial charge in [-0.3, -0.25) is 14.4 Å². The van der Waals surface area contributed by atoms with Crippen LogP contribution in [-0.2, 0) is 19.1 Å². The largest absolute Gasteiger partial charge is 0.377 e. The monoisotopic (exact) mass is 521 g/mol. The number of carbonyl (C=O) groups is 3. The van der Waals surface area contributed by atoms with Gasteiger partial charge in [-0.05, 0) is 39.5 Å². The van der Waals surface area contributed by atoms with Gasteiger partial charge in [0, 0.05) is 48.7 Å². The predicted octanol–water partition coefficient (Wildman–Crippen LogP) is 3.93. The Morgan fingerprint density at radius 1 is 1.28 bits per heavy atom. The molecule has 0 bridgehead atoms. The van der Waals surface area contributed by atoms with Crippen molar-refractivity contribution >= 4 is 29.9 Å². The number of β-lactam (4-membered cyclic amide) rings is 1. The Hall–Kier alpha value is -1.38. The molecule has 3 aliphatic heterocycles. The average molecular weight is 522 g/mol. The lowest BCUT2D eigenvalue weighted by Crippen LogP contribution is -2.76. The van der Waals surface area contributed by atoms with E-state index in [0.717, 1.165) is 11.2 Å². The summed E-state index contributed by atoms with van der Waals surface area (Å²) in [6, 6.07) is 0. The lowest BCUT2D eigenvalue weighted by Gasteiger charge is -2.61. The first-order valence-electron chi connectivity index (χ1n) is 13.3. The molecule has 3 rings (SSSR count). The molecule has 36 heavy (non-hydrogen) atoms. The normalized spacial score (nSPS) is 35.2. The number of ether oxygens (including phenoxy) is 1. The van der Waals surface area contributed by atoms with Gasteiger partial charge in [-0.2, -0.15) is 0 Å². The molecule has 0 spiro atoms.